The number of allylic oxidation sites excluding steroid dienone is 3. The fraction of sp³-hybridized carbons (Fsp3) is 0.500. The van der Waals surface area contributed by atoms with Crippen LogP contribution in [-0.4, -0.2) is 23.8 Å². The van der Waals surface area contributed by atoms with Crippen LogP contribution in [0.15, 0.2) is 23.9 Å². The normalized spacial score (nSPS) is 16.2. The fourth-order valence-corrected chi connectivity index (χ4v) is 1.34. The molecule has 0 unspecified atom stereocenters. The molecule has 0 radical (unpaired) electrons. The smallest absolute Gasteiger partial charge is 0.159 e. The molecule has 1 aliphatic rings. The van der Waals surface area contributed by atoms with Gasteiger partial charge in [0.2, 0.25) is 0 Å². The molecule has 12 heavy (non-hydrogen) atoms. The number of ketones is 1. The third-order valence-corrected chi connectivity index (χ3v) is 2.08. The number of nitrogens with zero attached hydrogens (tertiary/aromatic N) is 1. The van der Waals surface area contributed by atoms with Crippen LogP contribution in [0.4, 0.5) is 0 Å². The highest BCUT2D eigenvalue weighted by molar-refractivity contribution is 5.92. The molecule has 0 bridgehead atoms. The lowest BCUT2D eigenvalue weighted by Crippen LogP contribution is -2.22. The van der Waals surface area contributed by atoms with Crippen molar-refractivity contribution in [1.82, 2.24) is 4.90 Å². The van der Waals surface area contributed by atoms with Crippen LogP contribution in [0.1, 0.15) is 20.3 Å². The fourth-order valence-electron chi connectivity index (χ4n) is 1.34. The molecular formula is C10H15NO. The zero-order valence-corrected chi connectivity index (χ0v) is 7.71. The van der Waals surface area contributed by atoms with E-state index < -0.39 is 0 Å². The number of hydrogen-bond donors (Lipinski definition) is 0. The Morgan fingerprint density at radius 3 is 2.42 bits per heavy atom. The number of carbonyl (C=O) groups excluding carboxylic acids is 1. The van der Waals surface area contributed by atoms with Crippen LogP contribution >= 0.6 is 0 Å². The summed E-state index contributed by atoms with van der Waals surface area (Å²) in [5, 5.41) is 0. The van der Waals surface area contributed by atoms with Crippen LogP contribution in [0, 0.1) is 0 Å². The van der Waals surface area contributed by atoms with Crippen LogP contribution in [-0.2, 0) is 4.79 Å². The first-order valence-electron chi connectivity index (χ1n) is 4.44. The average Bonchev–Trinajstić information content (AvgIpc) is 2.10. The Morgan fingerprint density at radius 2 is 2.00 bits per heavy atom. The van der Waals surface area contributed by atoms with Crippen molar-refractivity contribution >= 4 is 5.78 Å². The molecule has 0 saturated heterocycles. The topological polar surface area (TPSA) is 20.3 Å². The Labute approximate surface area is 73.6 Å². The van der Waals surface area contributed by atoms with Gasteiger partial charge < -0.3 is 4.90 Å². The van der Waals surface area contributed by atoms with E-state index in [9.17, 15) is 4.79 Å². The highest BCUT2D eigenvalue weighted by Crippen LogP contribution is 2.11. The summed E-state index contributed by atoms with van der Waals surface area (Å²) in [4.78, 5) is 13.1. The number of likely N-dealkylation sites (N-methyl/N-ethyl adjacent to an activating group) is 1. The van der Waals surface area contributed by atoms with Gasteiger partial charge in [0.15, 0.2) is 5.78 Å². The largest absolute Gasteiger partial charge is 0.372 e. The highest BCUT2D eigenvalue weighted by Gasteiger charge is 2.07. The lowest BCUT2D eigenvalue weighted by atomic mass is 10.1. The Kier molecular flexibility index (Phi) is 3.09. The van der Waals surface area contributed by atoms with E-state index in [0.29, 0.717) is 6.42 Å². The molecular weight excluding hydrogens is 150 g/mol. The second-order valence-electron chi connectivity index (χ2n) is 2.81. The van der Waals surface area contributed by atoms with Gasteiger partial charge >= 0.3 is 0 Å². The van der Waals surface area contributed by atoms with Gasteiger partial charge in [-0.1, -0.05) is 6.08 Å². The van der Waals surface area contributed by atoms with Crippen molar-refractivity contribution in [3.05, 3.63) is 23.9 Å². The molecule has 0 saturated carbocycles. The number of rotatable bonds is 3. The maximum absolute atomic E-state index is 10.9. The first-order valence-corrected chi connectivity index (χ1v) is 4.44. The van der Waals surface area contributed by atoms with Gasteiger partial charge in [0.1, 0.15) is 0 Å². The summed E-state index contributed by atoms with van der Waals surface area (Å²) in [5.41, 5.74) is 1.18. The molecule has 2 nitrogen and oxygen atoms in total. The molecule has 0 aliphatic heterocycles. The van der Waals surface area contributed by atoms with Crippen molar-refractivity contribution in [2.75, 3.05) is 13.1 Å². The molecule has 2 heteroatoms. The van der Waals surface area contributed by atoms with Gasteiger partial charge in [-0.3, -0.25) is 4.79 Å². The second kappa shape index (κ2) is 4.10. The van der Waals surface area contributed by atoms with E-state index in [1.54, 1.807) is 6.08 Å². The minimum absolute atomic E-state index is 0.200. The van der Waals surface area contributed by atoms with Crippen molar-refractivity contribution < 1.29 is 4.79 Å². The van der Waals surface area contributed by atoms with Gasteiger partial charge in [-0.15, -0.1) is 0 Å². The minimum Gasteiger partial charge on any atom is -0.372 e. The Bertz CT molecular complexity index is 224. The molecule has 0 aromatic heterocycles. The van der Waals surface area contributed by atoms with E-state index in [2.05, 4.69) is 18.7 Å². The lowest BCUT2D eigenvalue weighted by molar-refractivity contribution is -0.113. The van der Waals surface area contributed by atoms with Crippen molar-refractivity contribution in [1.29, 1.82) is 0 Å². The van der Waals surface area contributed by atoms with Gasteiger partial charge in [0.25, 0.3) is 0 Å². The summed E-state index contributed by atoms with van der Waals surface area (Å²) in [6, 6.07) is 0. The van der Waals surface area contributed by atoms with E-state index in [0.717, 1.165) is 13.1 Å². The maximum atomic E-state index is 10.9. The predicted octanol–water partition coefficient (Wildman–Crippen LogP) is 1.74. The third-order valence-electron chi connectivity index (χ3n) is 2.08. The van der Waals surface area contributed by atoms with Gasteiger partial charge in [0, 0.05) is 25.2 Å². The predicted molar refractivity (Wildman–Crippen MR) is 49.8 cm³/mol. The summed E-state index contributed by atoms with van der Waals surface area (Å²) >= 11 is 0. The summed E-state index contributed by atoms with van der Waals surface area (Å²) in [5.74, 6) is 0.200. The van der Waals surface area contributed by atoms with Crippen molar-refractivity contribution in [3.8, 4) is 0 Å². The quantitative estimate of drug-likeness (QED) is 0.635. The van der Waals surface area contributed by atoms with Crippen molar-refractivity contribution in [2.45, 2.75) is 20.3 Å². The van der Waals surface area contributed by atoms with Crippen LogP contribution in [0.25, 0.3) is 0 Å². The molecule has 0 atom stereocenters. The highest BCUT2D eigenvalue weighted by atomic mass is 16.1. The Hall–Kier alpha value is -1.05. The van der Waals surface area contributed by atoms with Crippen molar-refractivity contribution in [3.63, 3.8) is 0 Å². The molecule has 0 N–H and O–H groups in total. The Morgan fingerprint density at radius 1 is 1.33 bits per heavy atom. The minimum atomic E-state index is 0.200. The first kappa shape index (κ1) is 9.04. The van der Waals surface area contributed by atoms with E-state index >= 15 is 0 Å². The second-order valence-corrected chi connectivity index (χ2v) is 2.81. The molecule has 1 rings (SSSR count). The summed E-state index contributed by atoms with van der Waals surface area (Å²) in [6.45, 7) is 6.24. The maximum Gasteiger partial charge on any atom is 0.159 e. The van der Waals surface area contributed by atoms with Gasteiger partial charge in [0.05, 0.1) is 0 Å². The van der Waals surface area contributed by atoms with Crippen LogP contribution in [0.2, 0.25) is 0 Å². The van der Waals surface area contributed by atoms with E-state index in [1.807, 2.05) is 12.2 Å². The molecule has 0 amide bonds. The zero-order chi connectivity index (χ0) is 8.97. The summed E-state index contributed by atoms with van der Waals surface area (Å²) in [7, 11) is 0. The summed E-state index contributed by atoms with van der Waals surface area (Å²) < 4.78 is 0. The molecule has 1 aliphatic carbocycles. The average molecular weight is 165 g/mol. The van der Waals surface area contributed by atoms with Crippen molar-refractivity contribution in [2.24, 2.45) is 0 Å². The summed E-state index contributed by atoms with van der Waals surface area (Å²) in [6.07, 6.45) is 6.12. The molecule has 0 heterocycles. The monoisotopic (exact) mass is 165 g/mol. The van der Waals surface area contributed by atoms with E-state index in [1.165, 1.54) is 5.70 Å². The molecule has 0 spiro atoms. The first-order chi connectivity index (χ1) is 5.77. The van der Waals surface area contributed by atoms with Gasteiger partial charge in [-0.05, 0) is 26.0 Å². The van der Waals surface area contributed by atoms with Gasteiger partial charge in [-0.2, -0.15) is 0 Å². The zero-order valence-electron chi connectivity index (χ0n) is 7.71. The SMILES string of the molecule is CCN(CC)C1=CCC(=O)C=C1. The third kappa shape index (κ3) is 1.97. The molecule has 66 valence electrons. The number of carbonyl (C=O) groups is 1. The molecule has 0 aromatic carbocycles. The van der Waals surface area contributed by atoms with Crippen LogP contribution < -0.4 is 0 Å². The van der Waals surface area contributed by atoms with E-state index in [4.69, 9.17) is 0 Å². The van der Waals surface area contributed by atoms with Crippen LogP contribution in [0.5, 0.6) is 0 Å². The van der Waals surface area contributed by atoms with Crippen LogP contribution in [0.3, 0.4) is 0 Å². The lowest BCUT2D eigenvalue weighted by Gasteiger charge is -2.23. The molecule has 0 fully saturated rings. The van der Waals surface area contributed by atoms with E-state index in [-0.39, 0.29) is 5.78 Å². The Balaban J connectivity index is 2.64. The van der Waals surface area contributed by atoms with Gasteiger partial charge in [-0.25, -0.2) is 0 Å². The molecule has 0 aromatic rings. The standard InChI is InChI=1S/C10H15NO/c1-3-11(4-2)9-5-7-10(12)8-6-9/h5-7H,3-4,8H2,1-2H3. The number of hydrogen-bond acceptors (Lipinski definition) is 2.